The highest BCUT2D eigenvalue weighted by Gasteiger charge is 2.23. The van der Waals surface area contributed by atoms with Crippen LogP contribution >= 0.6 is 0 Å². The van der Waals surface area contributed by atoms with Gasteiger partial charge in [-0.05, 0) is 55.0 Å². The number of nitrogens with one attached hydrogen (secondary N) is 1. The number of ether oxygens (including phenoxy) is 1. The lowest BCUT2D eigenvalue weighted by atomic mass is 10.1. The molecule has 7 heteroatoms. The summed E-state index contributed by atoms with van der Waals surface area (Å²) in [6, 6.07) is 13.8. The van der Waals surface area contributed by atoms with E-state index >= 15 is 0 Å². The zero-order valence-electron chi connectivity index (χ0n) is 17.0. The molecule has 156 valence electrons. The summed E-state index contributed by atoms with van der Waals surface area (Å²) in [5, 5.41) is 2.66. The van der Waals surface area contributed by atoms with E-state index in [-0.39, 0.29) is 17.7 Å². The summed E-state index contributed by atoms with van der Waals surface area (Å²) in [7, 11) is 1.58. The van der Waals surface area contributed by atoms with Gasteiger partial charge in [0.25, 0.3) is 11.8 Å². The van der Waals surface area contributed by atoms with E-state index in [2.05, 4.69) is 11.9 Å². The van der Waals surface area contributed by atoms with Crippen LogP contribution < -0.4 is 10.1 Å². The number of benzene rings is 2. The van der Waals surface area contributed by atoms with Crippen molar-refractivity contribution in [3.05, 3.63) is 72.3 Å². The highest BCUT2D eigenvalue weighted by Crippen LogP contribution is 2.17. The van der Waals surface area contributed by atoms with Gasteiger partial charge in [-0.15, -0.1) is 0 Å². The van der Waals surface area contributed by atoms with Gasteiger partial charge in [-0.3, -0.25) is 14.4 Å². The third-order valence-electron chi connectivity index (χ3n) is 4.97. The summed E-state index contributed by atoms with van der Waals surface area (Å²) in [6.45, 7) is 5.49. The van der Waals surface area contributed by atoms with Crippen LogP contribution in [0.3, 0.4) is 0 Å². The molecule has 0 radical (unpaired) electrons. The lowest BCUT2D eigenvalue weighted by molar-refractivity contribution is -0.111. The molecule has 7 nitrogen and oxygen atoms in total. The van der Waals surface area contributed by atoms with Gasteiger partial charge in [-0.1, -0.05) is 12.6 Å². The number of rotatable bonds is 5. The van der Waals surface area contributed by atoms with E-state index in [9.17, 15) is 14.4 Å². The summed E-state index contributed by atoms with van der Waals surface area (Å²) in [5.41, 5.74) is 1.63. The van der Waals surface area contributed by atoms with Crippen LogP contribution in [-0.4, -0.2) is 60.8 Å². The Kier molecular flexibility index (Phi) is 6.85. The first-order chi connectivity index (χ1) is 14.5. The maximum Gasteiger partial charge on any atom is 0.253 e. The summed E-state index contributed by atoms with van der Waals surface area (Å²) >= 11 is 0. The van der Waals surface area contributed by atoms with E-state index in [0.717, 1.165) is 0 Å². The summed E-state index contributed by atoms with van der Waals surface area (Å²) in [5.74, 6) is 0.192. The van der Waals surface area contributed by atoms with Crippen molar-refractivity contribution >= 4 is 23.4 Å². The second kappa shape index (κ2) is 9.73. The zero-order valence-corrected chi connectivity index (χ0v) is 17.0. The fraction of sp³-hybridized carbons (Fsp3) is 0.261. The molecule has 0 saturated carbocycles. The van der Waals surface area contributed by atoms with Crippen LogP contribution in [0.1, 0.15) is 27.1 Å². The van der Waals surface area contributed by atoms with Crippen LogP contribution in [0.2, 0.25) is 0 Å². The third-order valence-corrected chi connectivity index (χ3v) is 4.97. The lowest BCUT2D eigenvalue weighted by Gasteiger charge is -2.22. The number of nitrogens with zero attached hydrogens (tertiary/aromatic N) is 2. The second-order valence-corrected chi connectivity index (χ2v) is 6.94. The summed E-state index contributed by atoms with van der Waals surface area (Å²) in [6.07, 6.45) is 1.87. The zero-order chi connectivity index (χ0) is 21.5. The van der Waals surface area contributed by atoms with Gasteiger partial charge in [-0.25, -0.2) is 0 Å². The smallest absolute Gasteiger partial charge is 0.253 e. The van der Waals surface area contributed by atoms with Crippen molar-refractivity contribution in [2.75, 3.05) is 38.6 Å². The first-order valence-electron chi connectivity index (χ1n) is 9.78. The Labute approximate surface area is 175 Å². The van der Waals surface area contributed by atoms with E-state index in [1.54, 1.807) is 65.4 Å². The van der Waals surface area contributed by atoms with Gasteiger partial charge >= 0.3 is 0 Å². The van der Waals surface area contributed by atoms with Gasteiger partial charge in [-0.2, -0.15) is 0 Å². The van der Waals surface area contributed by atoms with Gasteiger partial charge in [0.15, 0.2) is 0 Å². The molecule has 1 aliphatic heterocycles. The van der Waals surface area contributed by atoms with Crippen LogP contribution in [-0.2, 0) is 4.79 Å². The number of amides is 3. The molecule has 3 rings (SSSR count). The predicted octanol–water partition coefficient (Wildman–Crippen LogP) is 2.81. The average Bonchev–Trinajstić information content (AvgIpc) is 3.04. The molecule has 30 heavy (non-hydrogen) atoms. The van der Waals surface area contributed by atoms with E-state index in [0.29, 0.717) is 55.2 Å². The minimum atomic E-state index is -0.331. The van der Waals surface area contributed by atoms with E-state index in [4.69, 9.17) is 4.74 Å². The molecular formula is C23H25N3O4. The lowest BCUT2D eigenvalue weighted by Crippen LogP contribution is -2.37. The topological polar surface area (TPSA) is 79.0 Å². The van der Waals surface area contributed by atoms with Crippen LogP contribution in [0.15, 0.2) is 61.2 Å². The Morgan fingerprint density at radius 3 is 2.17 bits per heavy atom. The van der Waals surface area contributed by atoms with Crippen molar-refractivity contribution in [1.29, 1.82) is 0 Å². The average molecular weight is 407 g/mol. The summed E-state index contributed by atoms with van der Waals surface area (Å²) in [4.78, 5) is 40.8. The summed E-state index contributed by atoms with van der Waals surface area (Å²) < 4.78 is 5.14. The first-order valence-corrected chi connectivity index (χ1v) is 9.78. The molecule has 0 atom stereocenters. The molecule has 0 spiro atoms. The van der Waals surface area contributed by atoms with Gasteiger partial charge < -0.3 is 19.9 Å². The van der Waals surface area contributed by atoms with Gasteiger partial charge in [0.1, 0.15) is 5.75 Å². The molecule has 0 aliphatic carbocycles. The Hall–Kier alpha value is -3.61. The number of carbonyl (C=O) groups is 3. The first kappa shape index (κ1) is 21.1. The van der Waals surface area contributed by atoms with Crippen LogP contribution in [0.25, 0.3) is 0 Å². The molecular weight excluding hydrogens is 382 g/mol. The number of hydrogen-bond donors (Lipinski definition) is 1. The highest BCUT2D eigenvalue weighted by atomic mass is 16.5. The molecule has 1 saturated heterocycles. The monoisotopic (exact) mass is 407 g/mol. The fourth-order valence-electron chi connectivity index (χ4n) is 3.35. The van der Waals surface area contributed by atoms with E-state index < -0.39 is 0 Å². The minimum Gasteiger partial charge on any atom is -0.497 e. The van der Waals surface area contributed by atoms with Gasteiger partial charge in [0.2, 0.25) is 5.91 Å². The highest BCUT2D eigenvalue weighted by molar-refractivity contribution is 6.01. The van der Waals surface area contributed by atoms with Crippen LogP contribution in [0, 0.1) is 0 Å². The predicted molar refractivity (Wildman–Crippen MR) is 115 cm³/mol. The van der Waals surface area contributed by atoms with Crippen LogP contribution in [0.5, 0.6) is 5.75 Å². The SMILES string of the molecule is C=CC(=O)Nc1cccc(C(=O)N2CCCN(C(=O)c3ccc(OC)cc3)CC2)c1. The molecule has 0 bridgehead atoms. The molecule has 0 aromatic heterocycles. The molecule has 2 aromatic carbocycles. The number of methoxy groups -OCH3 is 1. The van der Waals surface area contributed by atoms with Gasteiger partial charge in [0, 0.05) is 43.0 Å². The van der Waals surface area contributed by atoms with Crippen molar-refractivity contribution in [3.63, 3.8) is 0 Å². The Bertz CT molecular complexity index is 940. The molecule has 1 fully saturated rings. The van der Waals surface area contributed by atoms with E-state index in [1.807, 2.05) is 0 Å². The molecule has 1 aliphatic rings. The number of carbonyl (C=O) groups excluding carboxylic acids is 3. The molecule has 2 aromatic rings. The third kappa shape index (κ3) is 5.05. The Morgan fingerprint density at radius 2 is 1.57 bits per heavy atom. The fourth-order valence-corrected chi connectivity index (χ4v) is 3.35. The van der Waals surface area contributed by atoms with Crippen molar-refractivity contribution in [1.82, 2.24) is 9.80 Å². The largest absolute Gasteiger partial charge is 0.497 e. The quantitative estimate of drug-likeness (QED) is 0.773. The van der Waals surface area contributed by atoms with Gasteiger partial charge in [0.05, 0.1) is 7.11 Å². The van der Waals surface area contributed by atoms with Crippen molar-refractivity contribution in [2.24, 2.45) is 0 Å². The minimum absolute atomic E-state index is 0.0545. The Morgan fingerprint density at radius 1 is 0.933 bits per heavy atom. The van der Waals surface area contributed by atoms with E-state index in [1.165, 1.54) is 6.08 Å². The normalized spacial score (nSPS) is 13.9. The van der Waals surface area contributed by atoms with Crippen molar-refractivity contribution in [2.45, 2.75) is 6.42 Å². The molecule has 0 unspecified atom stereocenters. The second-order valence-electron chi connectivity index (χ2n) is 6.94. The molecule has 3 amide bonds. The number of hydrogen-bond acceptors (Lipinski definition) is 4. The van der Waals surface area contributed by atoms with Crippen LogP contribution in [0.4, 0.5) is 5.69 Å². The maximum absolute atomic E-state index is 13.0. The number of anilines is 1. The van der Waals surface area contributed by atoms with Crippen molar-refractivity contribution < 1.29 is 19.1 Å². The maximum atomic E-state index is 13.0. The van der Waals surface area contributed by atoms with Crippen molar-refractivity contribution in [3.8, 4) is 5.75 Å². The molecule has 1 N–H and O–H groups in total. The molecule has 1 heterocycles. The Balaban J connectivity index is 1.65. The standard InChI is InChI=1S/C23H25N3O4/c1-3-21(27)24-19-7-4-6-18(16-19)23(29)26-13-5-12-25(14-15-26)22(28)17-8-10-20(30-2)11-9-17/h3-4,6-11,16H,1,5,12-15H2,2H3,(H,24,27).